The first kappa shape index (κ1) is 18.2. The van der Waals surface area contributed by atoms with E-state index in [1.807, 2.05) is 0 Å². The molecule has 0 spiro atoms. The summed E-state index contributed by atoms with van der Waals surface area (Å²) in [4.78, 5) is 11.4. The fraction of sp³-hybridized carbons (Fsp3) is 0.611. The van der Waals surface area contributed by atoms with Crippen LogP contribution in [-0.4, -0.2) is 38.8 Å². The van der Waals surface area contributed by atoms with Crippen molar-refractivity contribution in [3.63, 3.8) is 0 Å². The predicted octanol–water partition coefficient (Wildman–Crippen LogP) is 2.85. The van der Waals surface area contributed by atoms with E-state index in [0.717, 1.165) is 12.8 Å². The molecule has 1 saturated carbocycles. The van der Waals surface area contributed by atoms with Crippen LogP contribution in [-0.2, 0) is 14.8 Å². The minimum atomic E-state index is -3.66. The molecule has 0 radical (unpaired) electrons. The third-order valence-corrected chi connectivity index (χ3v) is 7.24. The summed E-state index contributed by atoms with van der Waals surface area (Å²) in [6, 6.07) is 4.72. The lowest BCUT2D eigenvalue weighted by Gasteiger charge is -2.40. The van der Waals surface area contributed by atoms with Crippen LogP contribution in [0.25, 0.3) is 0 Å². The van der Waals surface area contributed by atoms with E-state index in [1.54, 1.807) is 16.4 Å². The maximum absolute atomic E-state index is 13.2. The van der Waals surface area contributed by atoms with Crippen molar-refractivity contribution in [2.24, 2.45) is 11.8 Å². The monoisotopic (exact) mass is 366 g/mol. The Morgan fingerprint density at radius 3 is 2.60 bits per heavy atom. The molecule has 7 heteroatoms. The van der Waals surface area contributed by atoms with Gasteiger partial charge in [-0.15, -0.1) is 0 Å². The molecule has 1 aromatic carbocycles. The maximum Gasteiger partial charge on any atom is 0.246 e. The standard InChI is InChI=1S/C18H26N2O4S/c1-13(21)19-16-7-8-17(24-2)18(11-16)25(22,23)20-10-9-14-5-3-4-6-15(14)12-20/h7-8,11,14-15H,3-6,9-10,12H2,1-2H3,(H,19,21). The summed E-state index contributed by atoms with van der Waals surface area (Å²) in [5.74, 6) is 1.19. The number of nitrogens with zero attached hydrogens (tertiary/aromatic N) is 1. The molecular formula is C18H26N2O4S. The van der Waals surface area contributed by atoms with E-state index >= 15 is 0 Å². The van der Waals surface area contributed by atoms with Crippen LogP contribution in [0.2, 0.25) is 0 Å². The molecule has 2 aliphatic rings. The molecule has 1 heterocycles. The molecule has 1 N–H and O–H groups in total. The molecule has 1 amide bonds. The van der Waals surface area contributed by atoms with Crippen molar-refractivity contribution in [2.75, 3.05) is 25.5 Å². The van der Waals surface area contributed by atoms with Gasteiger partial charge >= 0.3 is 0 Å². The smallest absolute Gasteiger partial charge is 0.246 e. The van der Waals surface area contributed by atoms with Gasteiger partial charge < -0.3 is 10.1 Å². The van der Waals surface area contributed by atoms with Gasteiger partial charge in [0.25, 0.3) is 0 Å². The lowest BCUT2D eigenvalue weighted by molar-refractivity contribution is -0.114. The van der Waals surface area contributed by atoms with Gasteiger partial charge in [0.1, 0.15) is 10.6 Å². The summed E-state index contributed by atoms with van der Waals surface area (Å²) in [5.41, 5.74) is 0.458. The van der Waals surface area contributed by atoms with Crippen molar-refractivity contribution in [3.8, 4) is 5.75 Å². The Hall–Kier alpha value is -1.60. The highest BCUT2D eigenvalue weighted by molar-refractivity contribution is 7.89. The first-order valence-corrected chi connectivity index (χ1v) is 10.3. The van der Waals surface area contributed by atoms with Crippen molar-refractivity contribution in [1.29, 1.82) is 0 Å². The Bertz CT molecular complexity index is 747. The molecule has 1 saturated heterocycles. The normalized spacial score (nSPS) is 24.4. The molecule has 2 fully saturated rings. The van der Waals surface area contributed by atoms with Gasteiger partial charge in [-0.25, -0.2) is 8.42 Å². The van der Waals surface area contributed by atoms with Gasteiger partial charge in [0, 0.05) is 25.7 Å². The number of ether oxygens (including phenoxy) is 1. The van der Waals surface area contributed by atoms with Gasteiger partial charge in [-0.05, 0) is 42.9 Å². The molecule has 6 nitrogen and oxygen atoms in total. The quantitative estimate of drug-likeness (QED) is 0.889. The van der Waals surface area contributed by atoms with E-state index in [9.17, 15) is 13.2 Å². The number of nitrogens with one attached hydrogen (secondary N) is 1. The fourth-order valence-corrected chi connectivity index (χ4v) is 5.78. The Labute approximate surface area is 149 Å². The summed E-state index contributed by atoms with van der Waals surface area (Å²) in [6.45, 7) is 2.53. The van der Waals surface area contributed by atoms with Crippen LogP contribution in [0, 0.1) is 11.8 Å². The van der Waals surface area contributed by atoms with E-state index in [1.165, 1.54) is 39.4 Å². The highest BCUT2D eigenvalue weighted by Crippen LogP contribution is 2.39. The summed E-state index contributed by atoms with van der Waals surface area (Å²) >= 11 is 0. The molecule has 0 aromatic heterocycles. The van der Waals surface area contributed by atoms with Crippen LogP contribution in [0.3, 0.4) is 0 Å². The molecule has 0 bridgehead atoms. The SMILES string of the molecule is COc1ccc(NC(C)=O)cc1S(=O)(=O)N1CCC2CCCCC2C1. The molecule has 1 aliphatic heterocycles. The number of hydrogen-bond acceptors (Lipinski definition) is 4. The van der Waals surface area contributed by atoms with Gasteiger partial charge in [0.2, 0.25) is 15.9 Å². The van der Waals surface area contributed by atoms with E-state index in [2.05, 4.69) is 5.32 Å². The number of methoxy groups -OCH3 is 1. The van der Waals surface area contributed by atoms with E-state index in [-0.39, 0.29) is 10.8 Å². The lowest BCUT2D eigenvalue weighted by atomic mass is 9.76. The number of benzene rings is 1. The maximum atomic E-state index is 13.2. The van der Waals surface area contributed by atoms with E-state index in [4.69, 9.17) is 4.74 Å². The predicted molar refractivity (Wildman–Crippen MR) is 96.1 cm³/mol. The van der Waals surface area contributed by atoms with Gasteiger partial charge in [-0.2, -0.15) is 4.31 Å². The first-order valence-electron chi connectivity index (χ1n) is 8.87. The minimum Gasteiger partial charge on any atom is -0.495 e. The van der Waals surface area contributed by atoms with Crippen molar-refractivity contribution in [3.05, 3.63) is 18.2 Å². The molecule has 1 aliphatic carbocycles. The average Bonchev–Trinajstić information content (AvgIpc) is 2.60. The largest absolute Gasteiger partial charge is 0.495 e. The molecular weight excluding hydrogens is 340 g/mol. The second-order valence-electron chi connectivity index (χ2n) is 7.00. The van der Waals surface area contributed by atoms with Crippen LogP contribution in [0.1, 0.15) is 39.0 Å². The summed E-state index contributed by atoms with van der Waals surface area (Å²) in [7, 11) is -2.20. The van der Waals surface area contributed by atoms with Crippen LogP contribution in [0.15, 0.2) is 23.1 Å². The molecule has 138 valence electrons. The minimum absolute atomic E-state index is 0.121. The van der Waals surface area contributed by atoms with Crippen molar-refractivity contribution in [2.45, 2.75) is 43.9 Å². The second kappa shape index (κ2) is 7.33. The topological polar surface area (TPSA) is 75.7 Å². The number of fused-ring (bicyclic) bond motifs is 1. The average molecular weight is 366 g/mol. The molecule has 2 unspecified atom stereocenters. The van der Waals surface area contributed by atoms with Gasteiger partial charge in [-0.3, -0.25) is 4.79 Å². The Morgan fingerprint density at radius 1 is 1.20 bits per heavy atom. The Morgan fingerprint density at radius 2 is 1.92 bits per heavy atom. The zero-order chi connectivity index (χ0) is 18.0. The molecule has 25 heavy (non-hydrogen) atoms. The van der Waals surface area contributed by atoms with E-state index < -0.39 is 10.0 Å². The van der Waals surface area contributed by atoms with Crippen LogP contribution >= 0.6 is 0 Å². The Kier molecular flexibility index (Phi) is 5.34. The highest BCUT2D eigenvalue weighted by atomic mass is 32.2. The molecule has 2 atom stereocenters. The highest BCUT2D eigenvalue weighted by Gasteiger charge is 2.37. The zero-order valence-corrected chi connectivity index (χ0v) is 15.6. The third kappa shape index (κ3) is 3.82. The van der Waals surface area contributed by atoms with Crippen LogP contribution in [0.4, 0.5) is 5.69 Å². The van der Waals surface area contributed by atoms with Crippen molar-refractivity contribution >= 4 is 21.6 Å². The van der Waals surface area contributed by atoms with E-state index in [0.29, 0.717) is 36.4 Å². The number of amides is 1. The molecule has 3 rings (SSSR count). The summed E-state index contributed by atoms with van der Waals surface area (Å²) in [5, 5.41) is 2.64. The summed E-state index contributed by atoms with van der Waals surface area (Å²) < 4.78 is 33.3. The lowest BCUT2D eigenvalue weighted by Crippen LogP contribution is -2.44. The van der Waals surface area contributed by atoms with Crippen LogP contribution < -0.4 is 10.1 Å². The third-order valence-electron chi connectivity index (χ3n) is 5.36. The first-order chi connectivity index (χ1) is 11.9. The number of rotatable bonds is 4. The zero-order valence-electron chi connectivity index (χ0n) is 14.8. The number of sulfonamides is 1. The van der Waals surface area contributed by atoms with Gasteiger partial charge in [0.05, 0.1) is 7.11 Å². The summed E-state index contributed by atoms with van der Waals surface area (Å²) in [6.07, 6.45) is 5.72. The number of hydrogen-bond donors (Lipinski definition) is 1. The van der Waals surface area contributed by atoms with Crippen molar-refractivity contribution in [1.82, 2.24) is 4.31 Å². The number of carbonyl (C=O) groups excluding carboxylic acids is 1. The van der Waals surface area contributed by atoms with Crippen molar-refractivity contribution < 1.29 is 17.9 Å². The number of carbonyl (C=O) groups is 1. The Balaban J connectivity index is 1.89. The van der Waals surface area contributed by atoms with Crippen LogP contribution in [0.5, 0.6) is 5.75 Å². The number of piperidine rings is 1. The fourth-order valence-electron chi connectivity index (χ4n) is 4.08. The number of anilines is 1. The van der Waals surface area contributed by atoms with Gasteiger partial charge in [0.15, 0.2) is 0 Å². The molecule has 1 aromatic rings. The second-order valence-corrected chi connectivity index (χ2v) is 8.91. The van der Waals surface area contributed by atoms with Gasteiger partial charge in [-0.1, -0.05) is 19.3 Å².